The van der Waals surface area contributed by atoms with Gasteiger partial charge in [0.25, 0.3) is 0 Å². The van der Waals surface area contributed by atoms with Crippen LogP contribution < -0.4 is 0 Å². The van der Waals surface area contributed by atoms with Crippen molar-refractivity contribution in [1.29, 1.82) is 0 Å². The van der Waals surface area contributed by atoms with Crippen molar-refractivity contribution in [3.8, 4) is 5.75 Å². The monoisotopic (exact) mass is 335 g/mol. The van der Waals surface area contributed by atoms with Crippen LogP contribution in [0.1, 0.15) is 30.3 Å². The maximum Gasteiger partial charge on any atom is 0.311 e. The van der Waals surface area contributed by atoms with Gasteiger partial charge < -0.3 is 9.84 Å². The molecule has 0 radical (unpaired) electrons. The van der Waals surface area contributed by atoms with E-state index in [1.54, 1.807) is 0 Å². The molecule has 0 unspecified atom stereocenters. The van der Waals surface area contributed by atoms with Crippen LogP contribution in [0.2, 0.25) is 0 Å². The lowest BCUT2D eigenvalue weighted by atomic mass is 10.2. The van der Waals surface area contributed by atoms with E-state index in [0.29, 0.717) is 22.8 Å². The molecule has 1 aromatic heterocycles. The molecule has 1 aromatic carbocycles. The van der Waals surface area contributed by atoms with Crippen LogP contribution in [0.15, 0.2) is 23.3 Å². The number of phenolic OH excluding ortho intramolecular Hbond substituents is 1. The third kappa shape index (κ3) is 3.12. The summed E-state index contributed by atoms with van der Waals surface area (Å²) in [5, 5.41) is 31.3. The van der Waals surface area contributed by atoms with E-state index in [4.69, 9.17) is 17.0 Å². The van der Waals surface area contributed by atoms with Crippen molar-refractivity contribution in [3.63, 3.8) is 0 Å². The van der Waals surface area contributed by atoms with Gasteiger partial charge >= 0.3 is 5.69 Å². The summed E-state index contributed by atoms with van der Waals surface area (Å²) in [5.41, 5.74) is 0.0694. The van der Waals surface area contributed by atoms with Gasteiger partial charge in [0.15, 0.2) is 11.6 Å². The van der Waals surface area contributed by atoms with E-state index in [1.807, 2.05) is 0 Å². The molecule has 1 fully saturated rings. The summed E-state index contributed by atoms with van der Waals surface area (Å²) in [7, 11) is 0. The van der Waals surface area contributed by atoms with Gasteiger partial charge in [-0.15, -0.1) is 0 Å². The number of H-pyrrole nitrogens is 1. The van der Waals surface area contributed by atoms with E-state index in [9.17, 15) is 15.2 Å². The number of benzene rings is 1. The molecule has 1 aliphatic rings. The molecule has 0 spiro atoms. The van der Waals surface area contributed by atoms with E-state index < -0.39 is 10.7 Å². The molecule has 2 aromatic rings. The topological polar surface area (TPSA) is 119 Å². The third-order valence-electron chi connectivity index (χ3n) is 3.41. The van der Waals surface area contributed by atoms with Gasteiger partial charge in [-0.2, -0.15) is 14.9 Å². The number of nitro groups is 1. The summed E-state index contributed by atoms with van der Waals surface area (Å²) < 4.78 is 7.31. The Labute approximate surface area is 135 Å². The van der Waals surface area contributed by atoms with Gasteiger partial charge in [-0.1, -0.05) is 0 Å². The number of aromatic amines is 1. The summed E-state index contributed by atoms with van der Waals surface area (Å²) in [6, 6.07) is 3.99. The second kappa shape index (κ2) is 6.26. The van der Waals surface area contributed by atoms with Gasteiger partial charge in [0, 0.05) is 18.2 Å². The molecule has 2 heterocycles. The highest BCUT2D eigenvalue weighted by molar-refractivity contribution is 7.71. The Kier molecular flexibility index (Phi) is 4.17. The van der Waals surface area contributed by atoms with Crippen molar-refractivity contribution in [1.82, 2.24) is 14.9 Å². The van der Waals surface area contributed by atoms with Crippen LogP contribution >= 0.6 is 12.2 Å². The van der Waals surface area contributed by atoms with Gasteiger partial charge in [0.2, 0.25) is 4.77 Å². The Balaban J connectivity index is 1.92. The van der Waals surface area contributed by atoms with Crippen LogP contribution in [-0.2, 0) is 4.74 Å². The molecule has 1 aliphatic heterocycles. The summed E-state index contributed by atoms with van der Waals surface area (Å²) in [6.07, 6.45) is 3.02. The average Bonchev–Trinajstić information content (AvgIpc) is 3.16. The first-order valence-corrected chi connectivity index (χ1v) is 7.28. The summed E-state index contributed by atoms with van der Waals surface area (Å²) in [6.45, 7) is 0.665. The number of phenols is 1. The van der Waals surface area contributed by atoms with Crippen molar-refractivity contribution < 1.29 is 14.8 Å². The van der Waals surface area contributed by atoms with Gasteiger partial charge in [-0.25, -0.2) is 0 Å². The second-order valence-corrected chi connectivity index (χ2v) is 5.34. The minimum atomic E-state index is -0.659. The second-order valence-electron chi connectivity index (χ2n) is 4.95. The highest BCUT2D eigenvalue weighted by Gasteiger charge is 2.23. The Bertz CT molecular complexity index is 822. The fraction of sp³-hybridized carbons (Fsp3) is 0.308. The molecule has 1 saturated heterocycles. The first-order chi connectivity index (χ1) is 11.1. The zero-order chi connectivity index (χ0) is 16.4. The maximum atomic E-state index is 10.8. The number of hydrogen-bond donors (Lipinski definition) is 2. The van der Waals surface area contributed by atoms with Crippen molar-refractivity contribution in [2.24, 2.45) is 5.10 Å². The van der Waals surface area contributed by atoms with Crippen molar-refractivity contribution >= 4 is 24.1 Å². The molecule has 0 amide bonds. The van der Waals surface area contributed by atoms with Crippen molar-refractivity contribution in [2.45, 2.75) is 18.9 Å². The molecule has 0 aliphatic carbocycles. The van der Waals surface area contributed by atoms with E-state index in [0.717, 1.165) is 12.8 Å². The Morgan fingerprint density at radius 2 is 2.43 bits per heavy atom. The zero-order valence-corrected chi connectivity index (χ0v) is 12.7. The molecular weight excluding hydrogens is 322 g/mol. The summed E-state index contributed by atoms with van der Waals surface area (Å²) >= 11 is 5.14. The largest absolute Gasteiger partial charge is 0.502 e. The minimum Gasteiger partial charge on any atom is -0.502 e. The van der Waals surface area contributed by atoms with Crippen LogP contribution in [-0.4, -0.2) is 37.7 Å². The molecule has 23 heavy (non-hydrogen) atoms. The van der Waals surface area contributed by atoms with Crippen molar-refractivity contribution in [3.05, 3.63) is 44.5 Å². The van der Waals surface area contributed by atoms with Gasteiger partial charge in [0.05, 0.1) is 11.1 Å². The van der Waals surface area contributed by atoms with Crippen LogP contribution in [0.4, 0.5) is 5.69 Å². The fourth-order valence-corrected chi connectivity index (χ4v) is 2.48. The number of nitro benzene ring substituents is 1. The summed E-state index contributed by atoms with van der Waals surface area (Å²) in [4.78, 5) is 10.2. The number of nitrogens with one attached hydrogen (secondary N) is 1. The summed E-state index contributed by atoms with van der Waals surface area (Å²) in [5.74, 6) is 0.171. The maximum absolute atomic E-state index is 10.8. The molecule has 2 N–H and O–H groups in total. The predicted octanol–water partition coefficient (Wildman–Crippen LogP) is 2.29. The number of aromatic nitrogens is 3. The van der Waals surface area contributed by atoms with Crippen LogP contribution in [0.25, 0.3) is 0 Å². The fourth-order valence-electron chi connectivity index (χ4n) is 2.30. The van der Waals surface area contributed by atoms with Crippen LogP contribution in [0.3, 0.4) is 0 Å². The van der Waals surface area contributed by atoms with E-state index in [-0.39, 0.29) is 11.8 Å². The van der Waals surface area contributed by atoms with Gasteiger partial charge in [0.1, 0.15) is 6.10 Å². The SMILES string of the molecule is O=[N+]([O-])c1cc(/C=N/n2c([C@H]3CCCO3)n[nH]c2=S)ccc1O. The lowest BCUT2D eigenvalue weighted by Gasteiger charge is -2.07. The number of ether oxygens (including phenoxy) is 1. The quantitative estimate of drug-likeness (QED) is 0.383. The van der Waals surface area contributed by atoms with Gasteiger partial charge in [-0.3, -0.25) is 15.2 Å². The minimum absolute atomic E-state index is 0.172. The first-order valence-electron chi connectivity index (χ1n) is 6.87. The molecule has 1 atom stereocenters. The number of hydrogen-bond acceptors (Lipinski definition) is 7. The van der Waals surface area contributed by atoms with Crippen LogP contribution in [0, 0.1) is 14.9 Å². The highest BCUT2D eigenvalue weighted by atomic mass is 32.1. The van der Waals surface area contributed by atoms with Crippen molar-refractivity contribution in [2.75, 3.05) is 6.61 Å². The Hall–Kier alpha value is -2.59. The Morgan fingerprint density at radius 1 is 1.61 bits per heavy atom. The Morgan fingerprint density at radius 3 is 3.13 bits per heavy atom. The van der Waals surface area contributed by atoms with E-state index in [1.165, 1.54) is 29.1 Å². The molecule has 3 rings (SSSR count). The lowest BCUT2D eigenvalue weighted by molar-refractivity contribution is -0.385. The van der Waals surface area contributed by atoms with E-state index >= 15 is 0 Å². The molecule has 10 heteroatoms. The predicted molar refractivity (Wildman–Crippen MR) is 83.1 cm³/mol. The molecular formula is C13H13N5O4S. The average molecular weight is 335 g/mol. The molecule has 0 bridgehead atoms. The number of rotatable bonds is 4. The van der Waals surface area contributed by atoms with Crippen LogP contribution in [0.5, 0.6) is 5.75 Å². The highest BCUT2D eigenvalue weighted by Crippen LogP contribution is 2.27. The standard InChI is InChI=1S/C13H13N5O4S/c19-10-4-3-8(6-9(10)18(20)21)7-14-17-12(15-16-13(17)23)11-2-1-5-22-11/h3-4,6-7,11,19H,1-2,5H2,(H,16,23)/b14-7+/t11-/m1/s1. The normalized spacial score (nSPS) is 17.8. The third-order valence-corrected chi connectivity index (χ3v) is 3.68. The number of aromatic hydroxyl groups is 1. The molecule has 9 nitrogen and oxygen atoms in total. The number of nitrogens with zero attached hydrogens (tertiary/aromatic N) is 4. The molecule has 120 valence electrons. The zero-order valence-electron chi connectivity index (χ0n) is 11.9. The van der Waals surface area contributed by atoms with Gasteiger partial charge in [-0.05, 0) is 37.2 Å². The smallest absolute Gasteiger partial charge is 0.311 e. The van der Waals surface area contributed by atoms with E-state index in [2.05, 4.69) is 15.3 Å². The molecule has 0 saturated carbocycles. The first kappa shape index (κ1) is 15.3. The lowest BCUT2D eigenvalue weighted by Crippen LogP contribution is -2.05.